The van der Waals surface area contributed by atoms with Gasteiger partial charge in [0.2, 0.25) is 0 Å². The summed E-state index contributed by atoms with van der Waals surface area (Å²) in [4.78, 5) is 21.9. The summed E-state index contributed by atoms with van der Waals surface area (Å²) in [7, 11) is 4.68. The van der Waals surface area contributed by atoms with E-state index in [1.807, 2.05) is 6.92 Å². The molecule has 0 amide bonds. The Bertz CT molecular complexity index is 1140. The lowest BCUT2D eigenvalue weighted by Gasteiger charge is -2.34. The molecule has 0 radical (unpaired) electrons. The number of fused-ring (bicyclic) bond motifs is 1. The van der Waals surface area contributed by atoms with E-state index in [9.17, 15) is 9.18 Å². The van der Waals surface area contributed by atoms with Crippen molar-refractivity contribution < 1.29 is 28.1 Å². The zero-order chi connectivity index (χ0) is 23.5. The Hall–Kier alpha value is -2.82. The zero-order valence-electron chi connectivity index (χ0n) is 18.9. The molecule has 1 saturated carbocycles. The van der Waals surface area contributed by atoms with Crippen LogP contribution in [0.25, 0.3) is 10.2 Å². The number of carbonyl (C=O) groups is 1. The number of rotatable bonds is 7. The number of hydrogen-bond acceptors (Lipinski definition) is 9. The van der Waals surface area contributed by atoms with Gasteiger partial charge in [0.25, 0.3) is 0 Å². The van der Waals surface area contributed by atoms with Crippen molar-refractivity contribution >= 4 is 39.0 Å². The number of anilines is 2. The monoisotopic (exact) mass is 475 g/mol. The van der Waals surface area contributed by atoms with Crippen molar-refractivity contribution in [2.45, 2.75) is 44.5 Å². The van der Waals surface area contributed by atoms with Gasteiger partial charge in [0.1, 0.15) is 39.5 Å². The second-order valence-corrected chi connectivity index (χ2v) is 8.88. The van der Waals surface area contributed by atoms with Gasteiger partial charge in [-0.1, -0.05) is 0 Å². The average molecular weight is 476 g/mol. The summed E-state index contributed by atoms with van der Waals surface area (Å²) in [6, 6.07) is 4.30. The lowest BCUT2D eigenvalue weighted by atomic mass is 9.92. The van der Waals surface area contributed by atoms with Crippen LogP contribution in [0.3, 0.4) is 0 Å². The van der Waals surface area contributed by atoms with E-state index in [1.54, 1.807) is 20.3 Å². The minimum atomic E-state index is -0.426. The van der Waals surface area contributed by atoms with Gasteiger partial charge in [0.15, 0.2) is 0 Å². The summed E-state index contributed by atoms with van der Waals surface area (Å²) in [6.07, 6.45) is 3.37. The van der Waals surface area contributed by atoms with Gasteiger partial charge in [-0.25, -0.2) is 19.2 Å². The predicted molar refractivity (Wildman–Crippen MR) is 123 cm³/mol. The quantitative estimate of drug-likeness (QED) is 0.495. The average Bonchev–Trinajstić information content (AvgIpc) is 3.17. The first-order chi connectivity index (χ1) is 15.9. The Balaban J connectivity index is 1.65. The van der Waals surface area contributed by atoms with Crippen molar-refractivity contribution in [3.05, 3.63) is 40.8 Å². The summed E-state index contributed by atoms with van der Waals surface area (Å²) in [6.45, 7) is 1.82. The normalized spacial score (nSPS) is 20.6. The molecule has 2 heterocycles. The van der Waals surface area contributed by atoms with Gasteiger partial charge < -0.3 is 24.3 Å². The van der Waals surface area contributed by atoms with Gasteiger partial charge in [-0.05, 0) is 24.6 Å². The molecule has 33 heavy (non-hydrogen) atoms. The van der Waals surface area contributed by atoms with E-state index in [0.29, 0.717) is 50.8 Å². The number of thiophene rings is 1. The highest BCUT2D eigenvalue weighted by Gasteiger charge is 2.31. The number of nitrogens with one attached hydrogen (secondary N) is 1. The van der Waals surface area contributed by atoms with Crippen LogP contribution in [-0.2, 0) is 14.2 Å². The van der Waals surface area contributed by atoms with E-state index in [-0.39, 0.29) is 18.3 Å². The molecule has 1 aliphatic rings. The molecule has 2 aromatic heterocycles. The number of methoxy groups -OCH3 is 3. The van der Waals surface area contributed by atoms with Crippen LogP contribution >= 0.6 is 11.3 Å². The van der Waals surface area contributed by atoms with Gasteiger partial charge in [0, 0.05) is 39.5 Å². The van der Waals surface area contributed by atoms with Crippen LogP contribution in [0.2, 0.25) is 0 Å². The Morgan fingerprint density at radius 1 is 1.09 bits per heavy atom. The smallest absolute Gasteiger partial charge is 0.348 e. The molecule has 0 saturated heterocycles. The van der Waals surface area contributed by atoms with E-state index in [0.717, 1.165) is 6.42 Å². The molecule has 176 valence electrons. The second kappa shape index (κ2) is 9.98. The molecule has 0 bridgehead atoms. The highest BCUT2D eigenvalue weighted by atomic mass is 32.1. The van der Waals surface area contributed by atoms with Crippen LogP contribution in [0.5, 0.6) is 5.75 Å². The number of esters is 1. The van der Waals surface area contributed by atoms with Crippen molar-refractivity contribution in [2.75, 3.05) is 26.6 Å². The van der Waals surface area contributed by atoms with Crippen LogP contribution in [0, 0.1) is 12.7 Å². The van der Waals surface area contributed by atoms with Gasteiger partial charge in [0.05, 0.1) is 30.4 Å². The van der Waals surface area contributed by atoms with E-state index >= 15 is 0 Å². The number of ether oxygens (including phenoxy) is 4. The van der Waals surface area contributed by atoms with Crippen molar-refractivity contribution in [3.8, 4) is 5.75 Å². The first kappa shape index (κ1) is 23.3. The highest BCUT2D eigenvalue weighted by molar-refractivity contribution is 7.20. The summed E-state index contributed by atoms with van der Waals surface area (Å²) in [5, 5.41) is 3.95. The minimum Gasteiger partial charge on any atom is -0.488 e. The lowest BCUT2D eigenvalue weighted by molar-refractivity contribution is -0.0498. The van der Waals surface area contributed by atoms with Crippen molar-refractivity contribution in [1.82, 2.24) is 9.97 Å². The van der Waals surface area contributed by atoms with Gasteiger partial charge in [-0.2, -0.15) is 0 Å². The summed E-state index contributed by atoms with van der Waals surface area (Å²) in [5.74, 6) is 0.0170. The Morgan fingerprint density at radius 2 is 1.79 bits per heavy atom. The van der Waals surface area contributed by atoms with Crippen molar-refractivity contribution in [2.24, 2.45) is 0 Å². The molecule has 4 rings (SSSR count). The van der Waals surface area contributed by atoms with Crippen molar-refractivity contribution in [1.29, 1.82) is 0 Å². The molecule has 3 atom stereocenters. The molecule has 1 fully saturated rings. The van der Waals surface area contributed by atoms with E-state index in [1.165, 1.54) is 36.9 Å². The summed E-state index contributed by atoms with van der Waals surface area (Å²) < 4.78 is 36.3. The maximum atomic E-state index is 14.1. The first-order valence-corrected chi connectivity index (χ1v) is 11.4. The summed E-state index contributed by atoms with van der Waals surface area (Å²) in [5.41, 5.74) is 1.27. The fourth-order valence-electron chi connectivity index (χ4n) is 4.11. The number of aromatic nitrogens is 2. The Labute approximate surface area is 195 Å². The molecular weight excluding hydrogens is 449 g/mol. The molecule has 1 aromatic carbocycles. The maximum absolute atomic E-state index is 14.1. The number of aryl methyl sites for hydroxylation is 1. The molecular formula is C23H26FN3O5S. The molecule has 0 spiro atoms. The van der Waals surface area contributed by atoms with Gasteiger partial charge >= 0.3 is 5.97 Å². The number of nitrogens with zero attached hydrogens (tertiary/aromatic N) is 2. The first-order valence-electron chi connectivity index (χ1n) is 10.5. The van der Waals surface area contributed by atoms with E-state index < -0.39 is 11.8 Å². The van der Waals surface area contributed by atoms with Crippen LogP contribution in [-0.4, -0.2) is 55.6 Å². The SMILES string of the molecule is COC(=O)c1sc2ncnc(Nc3ccc(F)cc3OC3C[C@@H](OC)C[C@@H](OC)C3)c2c1C. The fraction of sp³-hybridized carbons (Fsp3) is 0.435. The second-order valence-electron chi connectivity index (χ2n) is 7.88. The van der Waals surface area contributed by atoms with Gasteiger partial charge in [-0.15, -0.1) is 11.3 Å². The maximum Gasteiger partial charge on any atom is 0.348 e. The number of carbonyl (C=O) groups excluding carboxylic acids is 1. The van der Waals surface area contributed by atoms with Gasteiger partial charge in [-0.3, -0.25) is 0 Å². The minimum absolute atomic E-state index is 0.00496. The van der Waals surface area contributed by atoms with Crippen molar-refractivity contribution in [3.63, 3.8) is 0 Å². The standard InChI is InChI=1S/C23H26FN3O5S/c1-12-19-21(25-11-26-22(19)33-20(12)23(28)31-4)27-17-6-5-13(24)7-18(17)32-16-9-14(29-2)8-15(10-16)30-3/h5-7,11,14-16H,8-10H2,1-4H3,(H,25,26,27)/t14-,15+,16?. The molecule has 3 aromatic rings. The Morgan fingerprint density at radius 3 is 2.45 bits per heavy atom. The number of hydrogen-bond donors (Lipinski definition) is 1. The Kier molecular flexibility index (Phi) is 7.06. The van der Waals surface area contributed by atoms with Crippen LogP contribution < -0.4 is 10.1 Å². The molecule has 8 nitrogen and oxygen atoms in total. The highest BCUT2D eigenvalue weighted by Crippen LogP contribution is 2.38. The third kappa shape index (κ3) is 4.92. The predicted octanol–water partition coefficient (Wildman–Crippen LogP) is 4.63. The molecule has 1 unspecified atom stereocenters. The molecule has 10 heteroatoms. The molecule has 1 N–H and O–H groups in total. The summed E-state index contributed by atoms with van der Waals surface area (Å²) >= 11 is 1.24. The third-order valence-corrected chi connectivity index (χ3v) is 7.01. The number of benzene rings is 1. The zero-order valence-corrected chi connectivity index (χ0v) is 19.7. The van der Waals surface area contributed by atoms with E-state index in [2.05, 4.69) is 15.3 Å². The topological polar surface area (TPSA) is 91.8 Å². The molecule has 1 aliphatic carbocycles. The van der Waals surface area contributed by atoms with Crippen LogP contribution in [0.15, 0.2) is 24.5 Å². The van der Waals surface area contributed by atoms with E-state index in [4.69, 9.17) is 18.9 Å². The van der Waals surface area contributed by atoms with Crippen LogP contribution in [0.4, 0.5) is 15.9 Å². The molecule has 0 aliphatic heterocycles. The lowest BCUT2D eigenvalue weighted by Crippen LogP contribution is -2.38. The largest absolute Gasteiger partial charge is 0.488 e. The fourth-order valence-corrected chi connectivity index (χ4v) is 5.17. The van der Waals surface area contributed by atoms with Crippen LogP contribution in [0.1, 0.15) is 34.5 Å². The number of halogens is 1. The third-order valence-electron chi connectivity index (χ3n) is 5.83.